The van der Waals surface area contributed by atoms with Crippen LogP contribution in [0.1, 0.15) is 34.1 Å². The summed E-state index contributed by atoms with van der Waals surface area (Å²) in [6.07, 6.45) is -1.07. The number of aryl methyl sites for hydroxylation is 3. The van der Waals surface area contributed by atoms with E-state index in [1.807, 2.05) is 75.4 Å². The minimum Gasteiger partial charge on any atom is -0.448 e. The number of rotatable bonds is 5. The zero-order valence-electron chi connectivity index (χ0n) is 20.5. The van der Waals surface area contributed by atoms with Crippen molar-refractivity contribution in [3.05, 3.63) is 99.5 Å². The van der Waals surface area contributed by atoms with E-state index in [1.165, 1.54) is 11.5 Å². The van der Waals surface area contributed by atoms with Crippen LogP contribution in [0.3, 0.4) is 0 Å². The summed E-state index contributed by atoms with van der Waals surface area (Å²) in [6.45, 7) is 7.37. The molecule has 1 atom stereocenters. The quantitative estimate of drug-likeness (QED) is 0.403. The molecule has 0 aliphatic rings. The van der Waals surface area contributed by atoms with Gasteiger partial charge in [0, 0.05) is 23.7 Å². The highest BCUT2D eigenvalue weighted by molar-refractivity contribution is 6.07. The zero-order valence-corrected chi connectivity index (χ0v) is 20.5. The van der Waals surface area contributed by atoms with Gasteiger partial charge in [0.2, 0.25) is 0 Å². The lowest BCUT2D eigenvalue weighted by molar-refractivity contribution is -0.123. The summed E-state index contributed by atoms with van der Waals surface area (Å²) < 4.78 is 6.89. The molecule has 4 rings (SSSR count). The Bertz CT molecular complexity index is 1500. The molecular weight excluding hydrogens is 440 g/mol. The molecule has 1 unspecified atom stereocenters. The average Bonchev–Trinajstić information content (AvgIpc) is 2.83. The maximum atomic E-state index is 13.4. The van der Waals surface area contributed by atoms with Gasteiger partial charge in [-0.25, -0.2) is 4.79 Å². The fourth-order valence-electron chi connectivity index (χ4n) is 4.17. The monoisotopic (exact) mass is 468 g/mol. The van der Waals surface area contributed by atoms with Crippen LogP contribution in [-0.2, 0) is 16.6 Å². The van der Waals surface area contributed by atoms with E-state index in [1.54, 1.807) is 19.2 Å². The Kier molecular flexibility index (Phi) is 6.56. The van der Waals surface area contributed by atoms with E-state index in [0.29, 0.717) is 22.0 Å². The predicted octanol–water partition coefficient (Wildman–Crippen LogP) is 5.31. The van der Waals surface area contributed by atoms with Crippen molar-refractivity contribution < 1.29 is 14.3 Å². The summed E-state index contributed by atoms with van der Waals surface area (Å²) >= 11 is 0. The molecule has 3 aromatic carbocycles. The van der Waals surface area contributed by atoms with Gasteiger partial charge in [-0.2, -0.15) is 0 Å². The van der Waals surface area contributed by atoms with E-state index in [0.717, 1.165) is 22.3 Å². The van der Waals surface area contributed by atoms with Crippen LogP contribution in [0.25, 0.3) is 21.9 Å². The molecule has 0 aliphatic heterocycles. The van der Waals surface area contributed by atoms with Crippen LogP contribution in [-0.4, -0.2) is 22.5 Å². The maximum absolute atomic E-state index is 13.4. The number of carbonyl (C=O) groups is 2. The molecule has 0 radical (unpaired) electrons. The molecule has 178 valence electrons. The molecule has 1 N–H and O–H groups in total. The van der Waals surface area contributed by atoms with Crippen molar-refractivity contribution in [2.45, 2.75) is 33.8 Å². The standard InChI is InChI=1S/C29H28N2O4/c1-17-10-13-21(14-11-17)25-22-8-6-7-9-23(22)28(33)31(5)26(25)29(34)35-20(4)27(32)30-24-15-12-18(2)16-19(24)3/h6-16,20H,1-5H3,(H,30,32). The lowest BCUT2D eigenvalue weighted by Gasteiger charge is -2.19. The Morgan fingerprint density at radius 1 is 0.886 bits per heavy atom. The van der Waals surface area contributed by atoms with E-state index in [9.17, 15) is 14.4 Å². The molecule has 1 heterocycles. The van der Waals surface area contributed by atoms with Crippen molar-refractivity contribution >= 4 is 28.3 Å². The minimum atomic E-state index is -1.07. The summed E-state index contributed by atoms with van der Waals surface area (Å²) in [5.74, 6) is -1.19. The highest BCUT2D eigenvalue weighted by Gasteiger charge is 2.26. The first kappa shape index (κ1) is 24.0. The molecule has 0 bridgehead atoms. The van der Waals surface area contributed by atoms with Crippen molar-refractivity contribution in [1.82, 2.24) is 4.57 Å². The largest absolute Gasteiger partial charge is 0.448 e. The van der Waals surface area contributed by atoms with Crippen LogP contribution in [0.5, 0.6) is 0 Å². The van der Waals surface area contributed by atoms with Crippen LogP contribution < -0.4 is 10.9 Å². The predicted molar refractivity (Wildman–Crippen MR) is 139 cm³/mol. The zero-order chi connectivity index (χ0) is 25.3. The molecule has 1 aromatic heterocycles. The third-order valence-electron chi connectivity index (χ3n) is 6.13. The maximum Gasteiger partial charge on any atom is 0.356 e. The van der Waals surface area contributed by atoms with Crippen LogP contribution in [0, 0.1) is 20.8 Å². The van der Waals surface area contributed by atoms with Crippen molar-refractivity contribution in [2.75, 3.05) is 5.32 Å². The summed E-state index contributed by atoms with van der Waals surface area (Å²) in [7, 11) is 1.55. The fourth-order valence-corrected chi connectivity index (χ4v) is 4.17. The van der Waals surface area contributed by atoms with E-state index in [-0.39, 0.29) is 11.3 Å². The van der Waals surface area contributed by atoms with Gasteiger partial charge in [0.05, 0.1) is 0 Å². The number of anilines is 1. The van der Waals surface area contributed by atoms with Crippen molar-refractivity contribution in [3.63, 3.8) is 0 Å². The summed E-state index contributed by atoms with van der Waals surface area (Å²) in [5.41, 5.74) is 4.89. The third kappa shape index (κ3) is 4.73. The highest BCUT2D eigenvalue weighted by Crippen LogP contribution is 2.31. The van der Waals surface area contributed by atoms with E-state index in [2.05, 4.69) is 5.32 Å². The number of ether oxygens (including phenoxy) is 1. The second-order valence-corrected chi connectivity index (χ2v) is 8.85. The lowest BCUT2D eigenvalue weighted by atomic mass is 9.96. The van der Waals surface area contributed by atoms with Crippen molar-refractivity contribution in [1.29, 1.82) is 0 Å². The Labute approximate surface area is 204 Å². The van der Waals surface area contributed by atoms with E-state index in [4.69, 9.17) is 4.74 Å². The number of pyridine rings is 1. The normalized spacial score (nSPS) is 11.8. The Morgan fingerprint density at radius 3 is 2.17 bits per heavy atom. The number of benzene rings is 3. The first-order valence-corrected chi connectivity index (χ1v) is 11.4. The highest BCUT2D eigenvalue weighted by atomic mass is 16.5. The Morgan fingerprint density at radius 2 is 1.51 bits per heavy atom. The smallest absolute Gasteiger partial charge is 0.356 e. The summed E-state index contributed by atoms with van der Waals surface area (Å²) in [5, 5.41) is 3.97. The van der Waals surface area contributed by atoms with Crippen LogP contribution in [0.2, 0.25) is 0 Å². The Hall–Kier alpha value is -4.19. The van der Waals surface area contributed by atoms with Crippen LogP contribution in [0.15, 0.2) is 71.5 Å². The van der Waals surface area contributed by atoms with Crippen molar-refractivity contribution in [2.24, 2.45) is 7.05 Å². The number of fused-ring (bicyclic) bond motifs is 1. The molecule has 0 saturated heterocycles. The van der Waals surface area contributed by atoms with Gasteiger partial charge < -0.3 is 14.6 Å². The molecule has 6 nitrogen and oxygen atoms in total. The van der Waals surface area contributed by atoms with Gasteiger partial charge in [-0.3, -0.25) is 9.59 Å². The minimum absolute atomic E-state index is 0.101. The molecule has 6 heteroatoms. The molecule has 0 saturated carbocycles. The number of amides is 1. The van der Waals surface area contributed by atoms with E-state index >= 15 is 0 Å². The van der Waals surface area contributed by atoms with Gasteiger partial charge >= 0.3 is 5.97 Å². The summed E-state index contributed by atoms with van der Waals surface area (Å²) in [4.78, 5) is 39.3. The van der Waals surface area contributed by atoms with Gasteiger partial charge in [-0.1, -0.05) is 65.7 Å². The molecule has 4 aromatic rings. The number of aromatic nitrogens is 1. The number of hydrogen-bond acceptors (Lipinski definition) is 4. The first-order chi connectivity index (χ1) is 16.7. The fraction of sp³-hybridized carbons (Fsp3) is 0.207. The van der Waals surface area contributed by atoms with Gasteiger partial charge in [-0.15, -0.1) is 0 Å². The molecule has 0 fully saturated rings. The van der Waals surface area contributed by atoms with Gasteiger partial charge in [0.1, 0.15) is 5.69 Å². The molecule has 0 spiro atoms. The Balaban J connectivity index is 1.73. The SMILES string of the molecule is Cc1ccc(-c2c(C(=O)OC(C)C(=O)Nc3ccc(C)cc3C)n(C)c(=O)c3ccccc23)cc1. The van der Waals surface area contributed by atoms with Crippen molar-refractivity contribution in [3.8, 4) is 11.1 Å². The molecule has 35 heavy (non-hydrogen) atoms. The second kappa shape index (κ2) is 9.58. The van der Waals surface area contributed by atoms with E-state index < -0.39 is 18.0 Å². The molecular formula is C29H28N2O4. The number of nitrogens with zero attached hydrogens (tertiary/aromatic N) is 1. The number of nitrogens with one attached hydrogen (secondary N) is 1. The molecule has 0 aliphatic carbocycles. The number of hydrogen-bond donors (Lipinski definition) is 1. The van der Waals surface area contributed by atoms with Gasteiger partial charge in [0.25, 0.3) is 11.5 Å². The average molecular weight is 469 g/mol. The van der Waals surface area contributed by atoms with Gasteiger partial charge in [-0.05, 0) is 56.3 Å². The third-order valence-corrected chi connectivity index (χ3v) is 6.13. The lowest BCUT2D eigenvalue weighted by Crippen LogP contribution is -2.33. The van der Waals surface area contributed by atoms with Crippen LogP contribution >= 0.6 is 0 Å². The summed E-state index contributed by atoms with van der Waals surface area (Å²) in [6, 6.07) is 20.6. The van der Waals surface area contributed by atoms with Crippen LogP contribution in [0.4, 0.5) is 5.69 Å². The molecule has 1 amide bonds. The van der Waals surface area contributed by atoms with Gasteiger partial charge in [0.15, 0.2) is 6.10 Å². The number of carbonyl (C=O) groups excluding carboxylic acids is 2. The first-order valence-electron chi connectivity index (χ1n) is 11.4. The number of esters is 1. The topological polar surface area (TPSA) is 77.4 Å². The second-order valence-electron chi connectivity index (χ2n) is 8.85.